The molecule has 92 valence electrons. The summed E-state index contributed by atoms with van der Waals surface area (Å²) in [7, 11) is 0. The molecule has 5 nitrogen and oxygen atoms in total. The lowest BCUT2D eigenvalue weighted by molar-refractivity contribution is 0.166. The molecule has 2 heterocycles. The van der Waals surface area contributed by atoms with Crippen molar-refractivity contribution in [2.75, 3.05) is 0 Å². The van der Waals surface area contributed by atoms with E-state index in [0.717, 1.165) is 29.4 Å². The number of hydrogen-bond acceptors (Lipinski definition) is 5. The van der Waals surface area contributed by atoms with Gasteiger partial charge >= 0.3 is 0 Å². The van der Waals surface area contributed by atoms with Crippen LogP contribution in [-0.4, -0.2) is 25.1 Å². The van der Waals surface area contributed by atoms with Gasteiger partial charge in [0.2, 0.25) is 0 Å². The highest BCUT2D eigenvalue weighted by molar-refractivity contribution is 7.09. The van der Waals surface area contributed by atoms with Crippen LogP contribution in [0.1, 0.15) is 35.8 Å². The highest BCUT2D eigenvalue weighted by Gasteiger charge is 2.16. The van der Waals surface area contributed by atoms with Crippen LogP contribution in [0.5, 0.6) is 0 Å². The van der Waals surface area contributed by atoms with Crippen LogP contribution in [0.25, 0.3) is 0 Å². The van der Waals surface area contributed by atoms with E-state index in [1.165, 1.54) is 0 Å². The van der Waals surface area contributed by atoms with Crippen molar-refractivity contribution in [2.24, 2.45) is 0 Å². The lowest BCUT2D eigenvalue weighted by Gasteiger charge is -2.10. The molecule has 0 fully saturated rings. The lowest BCUT2D eigenvalue weighted by atomic mass is 10.2. The molecule has 17 heavy (non-hydrogen) atoms. The van der Waals surface area contributed by atoms with Crippen LogP contribution in [-0.2, 0) is 13.0 Å². The minimum atomic E-state index is -0.581. The maximum Gasteiger partial charge on any atom is 0.104 e. The van der Waals surface area contributed by atoms with Gasteiger partial charge in [-0.3, -0.25) is 0 Å². The van der Waals surface area contributed by atoms with Gasteiger partial charge in [0.15, 0.2) is 0 Å². The molecule has 0 saturated heterocycles. The van der Waals surface area contributed by atoms with Gasteiger partial charge in [0, 0.05) is 24.0 Å². The Labute approximate surface area is 104 Å². The highest BCUT2D eigenvalue weighted by Crippen LogP contribution is 2.19. The molecule has 2 rings (SSSR count). The van der Waals surface area contributed by atoms with E-state index in [0.29, 0.717) is 6.42 Å². The summed E-state index contributed by atoms with van der Waals surface area (Å²) in [6, 6.07) is 0. The molecule has 0 bridgehead atoms. The summed E-state index contributed by atoms with van der Waals surface area (Å²) in [5.74, 6) is 0. The van der Waals surface area contributed by atoms with Crippen molar-refractivity contribution in [3.8, 4) is 0 Å². The van der Waals surface area contributed by atoms with E-state index >= 15 is 0 Å². The van der Waals surface area contributed by atoms with Crippen molar-refractivity contribution in [3.63, 3.8) is 0 Å². The van der Waals surface area contributed by atoms with E-state index in [2.05, 4.69) is 22.2 Å². The van der Waals surface area contributed by atoms with E-state index in [1.807, 2.05) is 12.3 Å². The molecule has 2 aromatic heterocycles. The molecule has 0 radical (unpaired) electrons. The maximum absolute atomic E-state index is 10.1. The molecule has 1 unspecified atom stereocenters. The van der Waals surface area contributed by atoms with Gasteiger partial charge in [0.1, 0.15) is 6.10 Å². The van der Waals surface area contributed by atoms with E-state index in [1.54, 1.807) is 22.2 Å². The fourth-order valence-corrected chi connectivity index (χ4v) is 2.49. The number of aromatic nitrogens is 4. The summed E-state index contributed by atoms with van der Waals surface area (Å²) in [6.45, 7) is 4.81. The van der Waals surface area contributed by atoms with Crippen LogP contribution < -0.4 is 0 Å². The number of aryl methyl sites for hydroxylation is 2. The Morgan fingerprint density at radius 2 is 2.35 bits per heavy atom. The maximum atomic E-state index is 10.1. The van der Waals surface area contributed by atoms with Gasteiger partial charge in [0.25, 0.3) is 0 Å². The summed E-state index contributed by atoms with van der Waals surface area (Å²) in [5, 5.41) is 20.9. The van der Waals surface area contributed by atoms with Crippen LogP contribution in [0.3, 0.4) is 0 Å². The van der Waals surface area contributed by atoms with Crippen LogP contribution >= 0.6 is 11.3 Å². The third kappa shape index (κ3) is 2.89. The smallest absolute Gasteiger partial charge is 0.104 e. The van der Waals surface area contributed by atoms with Crippen LogP contribution in [0, 0.1) is 6.92 Å². The van der Waals surface area contributed by atoms with Crippen molar-refractivity contribution in [3.05, 3.63) is 28.0 Å². The van der Waals surface area contributed by atoms with Crippen LogP contribution in [0.15, 0.2) is 11.6 Å². The molecule has 0 amide bonds. The molecule has 6 heteroatoms. The number of aliphatic hydroxyl groups excluding tert-OH is 1. The van der Waals surface area contributed by atoms with Crippen LogP contribution in [0.2, 0.25) is 0 Å². The zero-order valence-corrected chi connectivity index (χ0v) is 10.8. The first-order valence-corrected chi connectivity index (χ1v) is 6.56. The van der Waals surface area contributed by atoms with Gasteiger partial charge in [-0.2, -0.15) is 0 Å². The second-order valence-corrected chi connectivity index (χ2v) is 4.93. The normalized spacial score (nSPS) is 12.9. The zero-order valence-electron chi connectivity index (χ0n) is 10.00. The minimum Gasteiger partial charge on any atom is -0.386 e. The van der Waals surface area contributed by atoms with Gasteiger partial charge in [-0.15, -0.1) is 16.4 Å². The summed E-state index contributed by atoms with van der Waals surface area (Å²) in [4.78, 5) is 4.34. The molecule has 0 aliphatic carbocycles. The Kier molecular flexibility index (Phi) is 3.86. The number of aliphatic hydroxyl groups is 1. The first-order chi connectivity index (χ1) is 8.20. The Morgan fingerprint density at radius 3 is 3.00 bits per heavy atom. The van der Waals surface area contributed by atoms with Crippen molar-refractivity contribution in [1.82, 2.24) is 20.0 Å². The molecule has 1 atom stereocenters. The predicted octanol–water partition coefficient (Wildman–Crippen LogP) is 1.73. The molecule has 0 spiro atoms. The molecule has 0 aliphatic rings. The van der Waals surface area contributed by atoms with Crippen molar-refractivity contribution in [1.29, 1.82) is 0 Å². The molecule has 2 aromatic rings. The van der Waals surface area contributed by atoms with E-state index < -0.39 is 6.10 Å². The van der Waals surface area contributed by atoms with Gasteiger partial charge in [-0.25, -0.2) is 9.67 Å². The quantitative estimate of drug-likeness (QED) is 0.880. The number of thiazole rings is 1. The summed E-state index contributed by atoms with van der Waals surface area (Å²) in [5.41, 5.74) is 1.76. The second kappa shape index (κ2) is 5.37. The molecular formula is C11H16N4OS. The Hall–Kier alpha value is -1.27. The third-order valence-corrected chi connectivity index (χ3v) is 3.45. The Balaban J connectivity index is 2.08. The summed E-state index contributed by atoms with van der Waals surface area (Å²) in [6.07, 6.45) is 2.54. The van der Waals surface area contributed by atoms with Crippen molar-refractivity contribution in [2.45, 2.75) is 39.3 Å². The molecule has 0 aliphatic heterocycles. The molecule has 1 N–H and O–H groups in total. The number of nitrogens with zero attached hydrogens (tertiary/aromatic N) is 4. The standard InChI is InChI=1S/C11H16N4OS/c1-3-4-15-9(6-12-14-15)10(16)5-11-13-8(2)7-17-11/h6-7,10,16H,3-5H2,1-2H3. The van der Waals surface area contributed by atoms with Gasteiger partial charge in [-0.05, 0) is 13.3 Å². The highest BCUT2D eigenvalue weighted by atomic mass is 32.1. The number of rotatable bonds is 5. The molecule has 0 saturated carbocycles. The van der Waals surface area contributed by atoms with E-state index in [-0.39, 0.29) is 0 Å². The Bertz CT molecular complexity index is 479. The molecular weight excluding hydrogens is 236 g/mol. The average molecular weight is 252 g/mol. The van der Waals surface area contributed by atoms with Crippen molar-refractivity contribution >= 4 is 11.3 Å². The van der Waals surface area contributed by atoms with E-state index in [9.17, 15) is 5.11 Å². The lowest BCUT2D eigenvalue weighted by Crippen LogP contribution is -2.11. The predicted molar refractivity (Wildman–Crippen MR) is 65.8 cm³/mol. The van der Waals surface area contributed by atoms with Crippen molar-refractivity contribution < 1.29 is 5.11 Å². The fourth-order valence-electron chi connectivity index (χ4n) is 1.68. The topological polar surface area (TPSA) is 63.8 Å². The first kappa shape index (κ1) is 12.2. The number of hydrogen-bond donors (Lipinski definition) is 1. The monoisotopic (exact) mass is 252 g/mol. The molecule has 0 aromatic carbocycles. The SMILES string of the molecule is CCCn1nncc1C(O)Cc1nc(C)cs1. The third-order valence-electron chi connectivity index (χ3n) is 2.46. The summed E-state index contributed by atoms with van der Waals surface area (Å²) < 4.78 is 1.76. The second-order valence-electron chi connectivity index (χ2n) is 3.98. The zero-order chi connectivity index (χ0) is 12.3. The van der Waals surface area contributed by atoms with Gasteiger partial charge in [-0.1, -0.05) is 12.1 Å². The Morgan fingerprint density at radius 1 is 1.53 bits per heavy atom. The van der Waals surface area contributed by atoms with E-state index in [4.69, 9.17) is 0 Å². The largest absolute Gasteiger partial charge is 0.386 e. The average Bonchev–Trinajstić information content (AvgIpc) is 2.88. The van der Waals surface area contributed by atoms with Crippen LogP contribution in [0.4, 0.5) is 0 Å². The van der Waals surface area contributed by atoms with Gasteiger partial charge in [0.05, 0.1) is 16.9 Å². The van der Waals surface area contributed by atoms with Gasteiger partial charge < -0.3 is 5.11 Å². The summed E-state index contributed by atoms with van der Waals surface area (Å²) >= 11 is 1.57. The first-order valence-electron chi connectivity index (χ1n) is 5.68. The minimum absolute atomic E-state index is 0.523. The fraction of sp³-hybridized carbons (Fsp3) is 0.545.